The van der Waals surface area contributed by atoms with Gasteiger partial charge in [0.2, 0.25) is 5.91 Å². The van der Waals surface area contributed by atoms with E-state index in [1.165, 1.54) is 0 Å². The molecule has 6 nitrogen and oxygen atoms in total. The smallest absolute Gasteiger partial charge is 0.234 e. The molecular weight excluding hydrogens is 342 g/mol. The number of hydrogen-bond donors (Lipinski definition) is 2. The van der Waals surface area contributed by atoms with Gasteiger partial charge in [0.25, 0.3) is 0 Å². The Morgan fingerprint density at radius 1 is 1.22 bits per heavy atom. The number of aromatic amines is 1. The summed E-state index contributed by atoms with van der Waals surface area (Å²) in [7, 11) is 1.66. The number of amides is 1. The van der Waals surface area contributed by atoms with Gasteiger partial charge in [0.05, 0.1) is 13.2 Å². The zero-order valence-corrected chi connectivity index (χ0v) is 15.2. The van der Waals surface area contributed by atoms with E-state index in [0.717, 1.165) is 28.0 Å². The highest BCUT2D eigenvalue weighted by atomic mass is 16.5. The van der Waals surface area contributed by atoms with Crippen molar-refractivity contribution >= 4 is 16.8 Å². The molecule has 1 amide bonds. The highest BCUT2D eigenvalue weighted by Crippen LogP contribution is 2.28. The molecule has 2 atom stereocenters. The Kier molecular flexibility index (Phi) is 4.73. The van der Waals surface area contributed by atoms with Crippen molar-refractivity contribution in [3.05, 3.63) is 60.3 Å². The number of rotatable bonds is 6. The third-order valence-corrected chi connectivity index (χ3v) is 5.09. The molecule has 4 rings (SSSR count). The minimum absolute atomic E-state index is 0.0651. The number of primary amides is 1. The van der Waals surface area contributed by atoms with Crippen LogP contribution in [0.5, 0.6) is 11.5 Å². The Labute approximate surface area is 157 Å². The van der Waals surface area contributed by atoms with Gasteiger partial charge in [-0.3, -0.25) is 9.69 Å². The van der Waals surface area contributed by atoms with Gasteiger partial charge in [-0.25, -0.2) is 0 Å². The fourth-order valence-electron chi connectivity index (χ4n) is 3.74. The van der Waals surface area contributed by atoms with Gasteiger partial charge in [-0.05, 0) is 35.9 Å². The highest BCUT2D eigenvalue weighted by molar-refractivity contribution is 5.85. The van der Waals surface area contributed by atoms with E-state index in [0.29, 0.717) is 19.5 Å². The van der Waals surface area contributed by atoms with E-state index in [4.69, 9.17) is 15.2 Å². The lowest BCUT2D eigenvalue weighted by molar-refractivity contribution is -0.122. The van der Waals surface area contributed by atoms with Crippen LogP contribution in [0.25, 0.3) is 10.9 Å². The summed E-state index contributed by atoms with van der Waals surface area (Å²) in [5.74, 6) is 1.30. The van der Waals surface area contributed by atoms with Crippen molar-refractivity contribution in [2.24, 2.45) is 5.73 Å². The van der Waals surface area contributed by atoms with Crippen LogP contribution in [0.1, 0.15) is 12.0 Å². The summed E-state index contributed by atoms with van der Waals surface area (Å²) in [6, 6.07) is 15.3. The summed E-state index contributed by atoms with van der Waals surface area (Å²) in [5.41, 5.74) is 7.81. The third-order valence-electron chi connectivity index (χ3n) is 5.09. The number of nitrogens with one attached hydrogen (secondary N) is 1. The molecule has 0 aliphatic carbocycles. The molecule has 0 radical (unpaired) electrons. The average molecular weight is 365 g/mol. The van der Waals surface area contributed by atoms with Crippen LogP contribution in [0.2, 0.25) is 0 Å². The van der Waals surface area contributed by atoms with Gasteiger partial charge in [-0.2, -0.15) is 0 Å². The second kappa shape index (κ2) is 7.32. The summed E-state index contributed by atoms with van der Waals surface area (Å²) in [6.07, 6.45) is 2.51. The second-order valence-corrected chi connectivity index (χ2v) is 6.86. The van der Waals surface area contributed by atoms with Crippen LogP contribution in [0.15, 0.2) is 54.7 Å². The Morgan fingerprint density at radius 2 is 2.04 bits per heavy atom. The topological polar surface area (TPSA) is 80.6 Å². The van der Waals surface area contributed by atoms with Crippen LogP contribution >= 0.6 is 0 Å². The summed E-state index contributed by atoms with van der Waals surface area (Å²) >= 11 is 0. The van der Waals surface area contributed by atoms with Gasteiger partial charge < -0.3 is 20.2 Å². The Bertz CT molecular complexity index is 938. The predicted octanol–water partition coefficient (Wildman–Crippen LogP) is 2.68. The van der Waals surface area contributed by atoms with E-state index in [1.807, 2.05) is 54.7 Å². The molecule has 2 heterocycles. The number of fused-ring (bicyclic) bond motifs is 1. The number of hydrogen-bond acceptors (Lipinski definition) is 4. The lowest BCUT2D eigenvalue weighted by atomic mass is 10.1. The monoisotopic (exact) mass is 365 g/mol. The number of para-hydroxylation sites is 1. The van der Waals surface area contributed by atoms with Crippen molar-refractivity contribution in [3.8, 4) is 11.5 Å². The van der Waals surface area contributed by atoms with E-state index >= 15 is 0 Å². The van der Waals surface area contributed by atoms with Crippen molar-refractivity contribution in [2.75, 3.05) is 13.7 Å². The zero-order valence-electron chi connectivity index (χ0n) is 15.2. The largest absolute Gasteiger partial charge is 0.497 e. The quantitative estimate of drug-likeness (QED) is 0.704. The molecule has 1 aliphatic heterocycles. The van der Waals surface area contributed by atoms with E-state index in [9.17, 15) is 4.79 Å². The number of benzene rings is 2. The summed E-state index contributed by atoms with van der Waals surface area (Å²) < 4.78 is 11.4. The molecule has 0 bridgehead atoms. The average Bonchev–Trinajstić information content (AvgIpc) is 3.26. The summed E-state index contributed by atoms with van der Waals surface area (Å²) in [4.78, 5) is 17.4. The normalized spacial score (nSPS) is 20.0. The highest BCUT2D eigenvalue weighted by Gasteiger charge is 2.37. The first kappa shape index (κ1) is 17.4. The number of aromatic nitrogens is 1. The van der Waals surface area contributed by atoms with Crippen molar-refractivity contribution in [2.45, 2.75) is 25.1 Å². The van der Waals surface area contributed by atoms with Crippen molar-refractivity contribution in [1.29, 1.82) is 0 Å². The van der Waals surface area contributed by atoms with E-state index < -0.39 is 0 Å². The molecule has 1 saturated heterocycles. The number of H-pyrrole nitrogens is 1. The number of methoxy groups -OCH3 is 1. The molecule has 1 aliphatic rings. The maximum atomic E-state index is 12.0. The van der Waals surface area contributed by atoms with Crippen LogP contribution < -0.4 is 15.2 Å². The van der Waals surface area contributed by atoms with Gasteiger partial charge in [0, 0.05) is 36.6 Å². The SMILES string of the molecule is COc1ccc2[nH]cc(CN3C[C@@H](Oc4ccccc4)C[C@H]3C(N)=O)c2c1. The minimum Gasteiger partial charge on any atom is -0.497 e. The van der Waals surface area contributed by atoms with Gasteiger partial charge in [-0.15, -0.1) is 0 Å². The van der Waals surface area contributed by atoms with Gasteiger partial charge in [-0.1, -0.05) is 18.2 Å². The molecule has 1 fully saturated rings. The molecule has 6 heteroatoms. The van der Waals surface area contributed by atoms with Crippen LogP contribution in [0, 0.1) is 0 Å². The molecular formula is C21H23N3O3. The second-order valence-electron chi connectivity index (χ2n) is 6.86. The third kappa shape index (κ3) is 3.61. The van der Waals surface area contributed by atoms with Gasteiger partial charge in [0.15, 0.2) is 0 Å². The molecule has 27 heavy (non-hydrogen) atoms. The molecule has 0 saturated carbocycles. The van der Waals surface area contributed by atoms with Crippen LogP contribution in [0.3, 0.4) is 0 Å². The van der Waals surface area contributed by atoms with Crippen molar-refractivity contribution < 1.29 is 14.3 Å². The fraction of sp³-hybridized carbons (Fsp3) is 0.286. The van der Waals surface area contributed by atoms with E-state index in [2.05, 4.69) is 9.88 Å². The van der Waals surface area contributed by atoms with E-state index in [-0.39, 0.29) is 18.1 Å². The molecule has 0 unspecified atom stereocenters. The first-order valence-electron chi connectivity index (χ1n) is 9.03. The lowest BCUT2D eigenvalue weighted by Gasteiger charge is -2.21. The maximum absolute atomic E-state index is 12.0. The Balaban J connectivity index is 1.54. The van der Waals surface area contributed by atoms with Gasteiger partial charge in [0.1, 0.15) is 17.6 Å². The van der Waals surface area contributed by atoms with Crippen LogP contribution in [-0.2, 0) is 11.3 Å². The standard InChI is InChI=1S/C21H23N3O3/c1-26-16-7-8-19-18(9-16)14(11-23-19)12-24-13-17(10-20(24)21(22)25)27-15-5-3-2-4-6-15/h2-9,11,17,20,23H,10,12-13H2,1H3,(H2,22,25)/t17-,20-/m0/s1. The fourth-order valence-corrected chi connectivity index (χ4v) is 3.74. The molecule has 2 aromatic carbocycles. The molecule has 1 aromatic heterocycles. The molecule has 140 valence electrons. The Hall–Kier alpha value is -2.99. The number of carbonyl (C=O) groups is 1. The van der Waals surface area contributed by atoms with Crippen LogP contribution in [0.4, 0.5) is 0 Å². The molecule has 3 aromatic rings. The maximum Gasteiger partial charge on any atom is 0.234 e. The molecule has 3 N–H and O–H groups in total. The van der Waals surface area contributed by atoms with E-state index in [1.54, 1.807) is 7.11 Å². The predicted molar refractivity (Wildman–Crippen MR) is 104 cm³/mol. The van der Waals surface area contributed by atoms with Crippen LogP contribution in [-0.4, -0.2) is 41.6 Å². The first-order chi connectivity index (χ1) is 13.1. The number of ether oxygens (including phenoxy) is 2. The summed E-state index contributed by atoms with van der Waals surface area (Å²) in [5, 5.41) is 1.09. The van der Waals surface area contributed by atoms with Crippen molar-refractivity contribution in [3.63, 3.8) is 0 Å². The lowest BCUT2D eigenvalue weighted by Crippen LogP contribution is -2.39. The molecule has 0 spiro atoms. The summed E-state index contributed by atoms with van der Waals surface area (Å²) in [6.45, 7) is 1.27. The Morgan fingerprint density at radius 3 is 2.78 bits per heavy atom. The number of likely N-dealkylation sites (tertiary alicyclic amines) is 1. The first-order valence-corrected chi connectivity index (χ1v) is 9.03. The zero-order chi connectivity index (χ0) is 18.8. The number of nitrogens with two attached hydrogens (primary N) is 1. The van der Waals surface area contributed by atoms with Gasteiger partial charge >= 0.3 is 0 Å². The number of carbonyl (C=O) groups excluding carboxylic acids is 1. The minimum atomic E-state index is -0.339. The van der Waals surface area contributed by atoms with Crippen molar-refractivity contribution in [1.82, 2.24) is 9.88 Å². The number of nitrogens with zero attached hydrogens (tertiary/aromatic N) is 1.